The molecule has 0 radical (unpaired) electrons. The Morgan fingerprint density at radius 1 is 0.795 bits per heavy atom. The number of methoxy groups -OCH3 is 2. The van der Waals surface area contributed by atoms with E-state index in [-0.39, 0.29) is 47.9 Å². The zero-order valence-electron chi connectivity index (χ0n) is 27.4. The highest BCUT2D eigenvalue weighted by atomic mass is 16.5. The monoisotopic (exact) mass is 608 g/mol. The average molecular weight is 609 g/mol. The molecule has 0 spiro atoms. The van der Waals surface area contributed by atoms with Gasteiger partial charge < -0.3 is 30.3 Å². The van der Waals surface area contributed by atoms with E-state index in [4.69, 9.17) is 9.47 Å². The lowest BCUT2D eigenvalue weighted by atomic mass is 9.94. The van der Waals surface area contributed by atoms with Crippen molar-refractivity contribution < 1.29 is 29.3 Å². The van der Waals surface area contributed by atoms with E-state index in [1.165, 1.54) is 20.3 Å². The molecule has 0 aliphatic carbocycles. The van der Waals surface area contributed by atoms with Gasteiger partial charge in [0.25, 0.3) is 0 Å². The molecule has 0 atom stereocenters. The zero-order chi connectivity index (χ0) is 32.5. The molecule has 0 fully saturated rings. The first-order chi connectivity index (χ1) is 21.1. The first-order valence-electron chi connectivity index (χ1n) is 15.7. The van der Waals surface area contributed by atoms with E-state index in [2.05, 4.69) is 62.6 Å². The summed E-state index contributed by atoms with van der Waals surface area (Å²) in [4.78, 5) is 25.2. The van der Waals surface area contributed by atoms with E-state index >= 15 is 0 Å². The number of hydrogen-bond acceptors (Lipinski definition) is 6. The summed E-state index contributed by atoms with van der Waals surface area (Å²) in [6.07, 6.45) is 14.8. The third-order valence-electron chi connectivity index (χ3n) is 7.11. The zero-order valence-corrected chi connectivity index (χ0v) is 27.4. The maximum atomic E-state index is 12.6. The Kier molecular flexibility index (Phi) is 16.0. The van der Waals surface area contributed by atoms with Crippen LogP contribution in [0.2, 0.25) is 0 Å². The van der Waals surface area contributed by atoms with Gasteiger partial charge in [0, 0.05) is 37.1 Å². The summed E-state index contributed by atoms with van der Waals surface area (Å²) in [7, 11) is 2.89. The third kappa shape index (κ3) is 12.3. The van der Waals surface area contributed by atoms with Crippen molar-refractivity contribution in [3.8, 4) is 34.1 Å². The summed E-state index contributed by atoms with van der Waals surface area (Å²) in [6.45, 7) is 8.95. The summed E-state index contributed by atoms with van der Waals surface area (Å²) in [5, 5.41) is 27.7. The fraction of sp³-hybridized carbons (Fsp3) is 0.500. The molecule has 0 aromatic heterocycles. The molecule has 44 heavy (non-hydrogen) atoms. The molecule has 0 saturated heterocycles. The molecular formula is C36H52N2O6. The molecule has 0 aliphatic rings. The Hall–Kier alpha value is -3.94. The largest absolute Gasteiger partial charge is 0.504 e. The van der Waals surface area contributed by atoms with E-state index in [0.29, 0.717) is 46.9 Å². The Labute approximate surface area is 263 Å². The van der Waals surface area contributed by atoms with Crippen molar-refractivity contribution in [3.05, 3.63) is 59.7 Å². The van der Waals surface area contributed by atoms with Gasteiger partial charge in [-0.15, -0.1) is 0 Å². The minimum atomic E-state index is -0.136. The van der Waals surface area contributed by atoms with Crippen LogP contribution >= 0.6 is 0 Å². The summed E-state index contributed by atoms with van der Waals surface area (Å²) in [5.41, 5.74) is 2.15. The molecule has 2 aromatic carbocycles. The van der Waals surface area contributed by atoms with E-state index in [1.54, 1.807) is 18.2 Å². The van der Waals surface area contributed by atoms with Crippen molar-refractivity contribution in [2.45, 2.75) is 92.2 Å². The number of ether oxygens (including phenoxy) is 2. The van der Waals surface area contributed by atoms with Gasteiger partial charge in [-0.3, -0.25) is 9.59 Å². The number of nitrogens with one attached hydrogen (secondary N) is 2. The molecular weight excluding hydrogens is 556 g/mol. The van der Waals surface area contributed by atoms with Crippen LogP contribution in [0.15, 0.2) is 48.6 Å². The van der Waals surface area contributed by atoms with Gasteiger partial charge in [0.15, 0.2) is 23.0 Å². The molecule has 242 valence electrons. The van der Waals surface area contributed by atoms with Crippen molar-refractivity contribution in [2.75, 3.05) is 14.2 Å². The van der Waals surface area contributed by atoms with Crippen molar-refractivity contribution in [2.24, 2.45) is 11.8 Å². The molecule has 8 heteroatoms. The number of phenolic OH excluding ortho intramolecular Hbond substituents is 2. The van der Waals surface area contributed by atoms with Crippen LogP contribution in [0.25, 0.3) is 11.1 Å². The minimum absolute atomic E-state index is 0.0549. The maximum Gasteiger partial charge on any atom is 0.220 e. The van der Waals surface area contributed by atoms with Crippen LogP contribution in [-0.2, 0) is 22.7 Å². The van der Waals surface area contributed by atoms with E-state index in [1.807, 2.05) is 0 Å². The Bertz CT molecular complexity index is 1270. The first kappa shape index (κ1) is 36.3. The smallest absolute Gasteiger partial charge is 0.220 e. The van der Waals surface area contributed by atoms with E-state index in [9.17, 15) is 19.8 Å². The molecule has 0 bridgehead atoms. The fourth-order valence-corrected chi connectivity index (χ4v) is 4.78. The Balaban J connectivity index is 2.17. The van der Waals surface area contributed by atoms with Crippen molar-refractivity contribution in [1.82, 2.24) is 10.6 Å². The molecule has 4 N–H and O–H groups in total. The van der Waals surface area contributed by atoms with Crippen LogP contribution in [0.5, 0.6) is 23.0 Å². The van der Waals surface area contributed by atoms with E-state index in [0.717, 1.165) is 38.5 Å². The molecule has 2 rings (SSSR count). The van der Waals surface area contributed by atoms with E-state index < -0.39 is 0 Å². The predicted octanol–water partition coefficient (Wildman–Crippen LogP) is 7.56. The van der Waals surface area contributed by atoms with Crippen LogP contribution in [0.1, 0.15) is 90.2 Å². The predicted molar refractivity (Wildman–Crippen MR) is 177 cm³/mol. The molecule has 8 nitrogen and oxygen atoms in total. The first-order valence-corrected chi connectivity index (χ1v) is 15.7. The topological polar surface area (TPSA) is 117 Å². The lowest BCUT2D eigenvalue weighted by Gasteiger charge is -2.19. The summed E-state index contributed by atoms with van der Waals surface area (Å²) in [5.74, 6) is 1.05. The van der Waals surface area contributed by atoms with Gasteiger partial charge in [0.05, 0.1) is 14.2 Å². The Morgan fingerprint density at radius 3 is 1.89 bits per heavy atom. The van der Waals surface area contributed by atoms with Crippen LogP contribution in [0, 0.1) is 11.8 Å². The number of unbranched alkanes of at least 4 members (excludes halogenated alkanes) is 4. The van der Waals surface area contributed by atoms with Gasteiger partial charge in [0.1, 0.15) is 0 Å². The minimum Gasteiger partial charge on any atom is -0.504 e. The molecule has 0 aliphatic heterocycles. The second-order valence-corrected chi connectivity index (χ2v) is 11.7. The molecule has 2 aromatic rings. The second kappa shape index (κ2) is 19.4. The number of benzene rings is 2. The quantitative estimate of drug-likeness (QED) is 0.0966. The number of rotatable bonds is 19. The highest BCUT2D eigenvalue weighted by molar-refractivity contribution is 5.84. The van der Waals surface area contributed by atoms with Crippen LogP contribution in [0.3, 0.4) is 0 Å². The number of carbonyl (C=O) groups is 2. The van der Waals surface area contributed by atoms with Crippen molar-refractivity contribution in [1.29, 1.82) is 0 Å². The standard InChI is InChI=1S/C36H52N2O6/c1-25(2)15-11-7-9-13-17-32(40)37-23-27-21-29(35(42)31(22-27)43-5)34-28(19-20-30(39)36(34)44-6)24-38-33(41)18-14-10-8-12-16-26(3)4/h11-12,15-16,19-22,25-26,39,42H,7-10,13-14,17-18,23-24H2,1-6H3,(H,37,40)(H,38,41)/b15-11+,16-12+. The summed E-state index contributed by atoms with van der Waals surface area (Å²) in [6, 6.07) is 6.60. The van der Waals surface area contributed by atoms with Crippen LogP contribution in [-0.4, -0.2) is 36.2 Å². The number of allylic oxidation sites excluding steroid dienone is 4. The SMILES string of the molecule is COc1cc(CNC(=O)CCCC/C=C/C(C)C)cc(-c2c(CNC(=O)CCCC/C=C/C(C)C)ccc(O)c2OC)c1O. The van der Waals surface area contributed by atoms with Crippen LogP contribution < -0.4 is 20.1 Å². The number of carbonyl (C=O) groups excluding carboxylic acids is 2. The average Bonchev–Trinajstić information content (AvgIpc) is 2.98. The van der Waals surface area contributed by atoms with Crippen LogP contribution in [0.4, 0.5) is 0 Å². The number of phenols is 2. The second-order valence-electron chi connectivity index (χ2n) is 11.7. The summed E-state index contributed by atoms with van der Waals surface area (Å²) >= 11 is 0. The van der Waals surface area contributed by atoms with Crippen molar-refractivity contribution in [3.63, 3.8) is 0 Å². The molecule has 0 heterocycles. The lowest BCUT2D eigenvalue weighted by molar-refractivity contribution is -0.122. The van der Waals surface area contributed by atoms with Gasteiger partial charge in [-0.25, -0.2) is 0 Å². The molecule has 2 amide bonds. The van der Waals surface area contributed by atoms with Gasteiger partial charge in [-0.2, -0.15) is 0 Å². The lowest BCUT2D eigenvalue weighted by Crippen LogP contribution is -2.23. The van der Waals surface area contributed by atoms with Crippen molar-refractivity contribution >= 4 is 11.8 Å². The maximum absolute atomic E-state index is 12.6. The van der Waals surface area contributed by atoms with Gasteiger partial charge >= 0.3 is 0 Å². The van der Waals surface area contributed by atoms with Gasteiger partial charge in [-0.05, 0) is 79.7 Å². The molecule has 0 unspecified atom stereocenters. The normalized spacial score (nSPS) is 11.5. The highest BCUT2D eigenvalue weighted by Crippen LogP contribution is 2.47. The third-order valence-corrected chi connectivity index (χ3v) is 7.11. The number of aromatic hydroxyl groups is 2. The number of amides is 2. The van der Waals surface area contributed by atoms with Gasteiger partial charge in [-0.1, -0.05) is 58.1 Å². The van der Waals surface area contributed by atoms with Gasteiger partial charge in [0.2, 0.25) is 11.8 Å². The Morgan fingerprint density at radius 2 is 1.36 bits per heavy atom. The molecule has 0 saturated carbocycles. The summed E-state index contributed by atoms with van der Waals surface area (Å²) < 4.78 is 11.0. The highest BCUT2D eigenvalue weighted by Gasteiger charge is 2.22. The fourth-order valence-electron chi connectivity index (χ4n) is 4.78. The number of hydrogen-bond donors (Lipinski definition) is 4.